The number of halogens is 1. The van der Waals surface area contributed by atoms with Crippen LogP contribution in [0.25, 0.3) is 10.9 Å². The van der Waals surface area contributed by atoms with Gasteiger partial charge in [-0.3, -0.25) is 4.79 Å². The average Bonchev–Trinajstić information content (AvgIpc) is 3.16. The number of benzene rings is 1. The number of nitrogens with zero attached hydrogens (tertiary/aromatic N) is 4. The highest BCUT2D eigenvalue weighted by atomic mass is 35.5. The fourth-order valence-electron chi connectivity index (χ4n) is 3.96. The number of carbonyl (C=O) groups excluding carboxylic acids is 1. The van der Waals surface area contributed by atoms with Crippen LogP contribution in [0.15, 0.2) is 24.5 Å². The molecule has 0 aliphatic carbocycles. The van der Waals surface area contributed by atoms with Crippen molar-refractivity contribution in [2.45, 2.75) is 32.1 Å². The van der Waals surface area contributed by atoms with Crippen molar-refractivity contribution in [3.8, 4) is 0 Å². The molecule has 2 aliphatic heterocycles. The standard InChI is InChI=1S/C19H23ClN4O/c20-15-3-4-16-17(12-15)21-13-22-19(16)24-9-5-14(6-10-24)11-18(25)23-7-1-2-8-23/h3-4,12-14H,1-2,5-11H2. The van der Waals surface area contributed by atoms with E-state index in [4.69, 9.17) is 11.6 Å². The van der Waals surface area contributed by atoms with Gasteiger partial charge in [0.15, 0.2) is 0 Å². The zero-order valence-electron chi connectivity index (χ0n) is 14.3. The van der Waals surface area contributed by atoms with Crippen molar-refractivity contribution < 1.29 is 4.79 Å². The summed E-state index contributed by atoms with van der Waals surface area (Å²) >= 11 is 6.07. The Bertz CT molecular complexity index is 767. The lowest BCUT2D eigenvalue weighted by atomic mass is 9.93. The van der Waals surface area contributed by atoms with Crippen molar-refractivity contribution in [2.24, 2.45) is 5.92 Å². The molecule has 5 nitrogen and oxygen atoms in total. The molecule has 0 saturated carbocycles. The second kappa shape index (κ2) is 7.16. The van der Waals surface area contributed by atoms with Gasteiger partial charge in [-0.2, -0.15) is 0 Å². The second-order valence-corrected chi connectivity index (χ2v) is 7.52. The zero-order valence-corrected chi connectivity index (χ0v) is 15.1. The summed E-state index contributed by atoms with van der Waals surface area (Å²) < 4.78 is 0. The molecule has 132 valence electrons. The minimum absolute atomic E-state index is 0.345. The Morgan fingerprint density at radius 1 is 1.12 bits per heavy atom. The lowest BCUT2D eigenvalue weighted by molar-refractivity contribution is -0.131. The molecule has 3 heterocycles. The van der Waals surface area contributed by atoms with E-state index in [1.54, 1.807) is 6.33 Å². The molecule has 1 aromatic heterocycles. The summed E-state index contributed by atoms with van der Waals surface area (Å²) in [7, 11) is 0. The van der Waals surface area contributed by atoms with Gasteiger partial charge in [-0.25, -0.2) is 9.97 Å². The number of fused-ring (bicyclic) bond motifs is 1. The number of hydrogen-bond acceptors (Lipinski definition) is 4. The van der Waals surface area contributed by atoms with E-state index in [1.807, 2.05) is 23.1 Å². The summed E-state index contributed by atoms with van der Waals surface area (Å²) in [4.78, 5) is 25.5. The normalized spacial score (nSPS) is 18.9. The Hall–Kier alpha value is -1.88. The van der Waals surface area contributed by atoms with Gasteiger partial charge in [0, 0.05) is 43.0 Å². The van der Waals surface area contributed by atoms with Crippen LogP contribution in [0.4, 0.5) is 5.82 Å². The Morgan fingerprint density at radius 2 is 1.88 bits per heavy atom. The third kappa shape index (κ3) is 3.56. The summed E-state index contributed by atoms with van der Waals surface area (Å²) in [6.45, 7) is 3.78. The van der Waals surface area contributed by atoms with Crippen LogP contribution < -0.4 is 4.90 Å². The summed E-state index contributed by atoms with van der Waals surface area (Å²) in [5.74, 6) is 1.82. The minimum Gasteiger partial charge on any atom is -0.356 e. The monoisotopic (exact) mass is 358 g/mol. The summed E-state index contributed by atoms with van der Waals surface area (Å²) in [5, 5.41) is 1.73. The number of anilines is 1. The molecule has 0 radical (unpaired) electrons. The van der Waals surface area contributed by atoms with Crippen molar-refractivity contribution in [1.82, 2.24) is 14.9 Å². The molecule has 2 aromatic rings. The number of carbonyl (C=O) groups is 1. The van der Waals surface area contributed by atoms with E-state index in [1.165, 1.54) is 0 Å². The number of aromatic nitrogens is 2. The van der Waals surface area contributed by atoms with Crippen LogP contribution in [0, 0.1) is 5.92 Å². The zero-order chi connectivity index (χ0) is 17.2. The van der Waals surface area contributed by atoms with E-state index in [0.29, 0.717) is 23.3 Å². The SMILES string of the molecule is O=C(CC1CCN(c2ncnc3cc(Cl)ccc23)CC1)N1CCCC1. The summed E-state index contributed by atoms with van der Waals surface area (Å²) in [6.07, 6.45) is 6.71. The van der Waals surface area contributed by atoms with Gasteiger partial charge in [0.2, 0.25) is 5.91 Å². The fourth-order valence-corrected chi connectivity index (χ4v) is 4.13. The lowest BCUT2D eigenvalue weighted by Gasteiger charge is -2.33. The molecule has 25 heavy (non-hydrogen) atoms. The van der Waals surface area contributed by atoms with Gasteiger partial charge in [0.05, 0.1) is 5.52 Å². The predicted octanol–water partition coefficient (Wildman–Crippen LogP) is 3.51. The molecule has 0 atom stereocenters. The molecule has 0 spiro atoms. The number of rotatable bonds is 3. The van der Waals surface area contributed by atoms with E-state index in [2.05, 4.69) is 14.9 Å². The van der Waals surface area contributed by atoms with Gasteiger partial charge in [-0.05, 0) is 49.8 Å². The maximum absolute atomic E-state index is 12.4. The van der Waals surface area contributed by atoms with Gasteiger partial charge in [0.25, 0.3) is 0 Å². The van der Waals surface area contributed by atoms with Crippen molar-refractivity contribution in [1.29, 1.82) is 0 Å². The molecular formula is C19H23ClN4O. The lowest BCUT2D eigenvalue weighted by Crippen LogP contribution is -2.37. The van der Waals surface area contributed by atoms with Crippen LogP contribution in [-0.4, -0.2) is 47.0 Å². The van der Waals surface area contributed by atoms with E-state index < -0.39 is 0 Å². The largest absolute Gasteiger partial charge is 0.356 e. The van der Waals surface area contributed by atoms with Crippen molar-refractivity contribution in [3.05, 3.63) is 29.5 Å². The molecule has 0 unspecified atom stereocenters. The second-order valence-electron chi connectivity index (χ2n) is 7.08. The summed E-state index contributed by atoms with van der Waals surface area (Å²) in [5.41, 5.74) is 0.879. The fraction of sp³-hybridized carbons (Fsp3) is 0.526. The maximum Gasteiger partial charge on any atom is 0.222 e. The molecule has 2 aliphatic rings. The highest BCUT2D eigenvalue weighted by molar-refractivity contribution is 6.31. The van der Waals surface area contributed by atoms with Gasteiger partial charge in [0.1, 0.15) is 12.1 Å². The first-order chi connectivity index (χ1) is 12.2. The first kappa shape index (κ1) is 16.6. The topological polar surface area (TPSA) is 49.3 Å². The third-order valence-corrected chi connectivity index (χ3v) is 5.65. The van der Waals surface area contributed by atoms with Crippen LogP contribution in [0.5, 0.6) is 0 Å². The van der Waals surface area contributed by atoms with Gasteiger partial charge >= 0.3 is 0 Å². The van der Waals surface area contributed by atoms with Crippen LogP contribution in [0.3, 0.4) is 0 Å². The smallest absolute Gasteiger partial charge is 0.222 e. The predicted molar refractivity (Wildman–Crippen MR) is 99.9 cm³/mol. The highest BCUT2D eigenvalue weighted by Gasteiger charge is 2.26. The molecule has 2 saturated heterocycles. The number of likely N-dealkylation sites (tertiary alicyclic amines) is 1. The molecule has 2 fully saturated rings. The van der Waals surface area contributed by atoms with E-state index in [9.17, 15) is 4.79 Å². The quantitative estimate of drug-likeness (QED) is 0.842. The van der Waals surface area contributed by atoms with Crippen molar-refractivity contribution >= 4 is 34.2 Å². The van der Waals surface area contributed by atoms with Crippen LogP contribution in [0.2, 0.25) is 5.02 Å². The van der Waals surface area contributed by atoms with Crippen LogP contribution >= 0.6 is 11.6 Å². The Morgan fingerprint density at radius 3 is 2.64 bits per heavy atom. The first-order valence-electron chi connectivity index (χ1n) is 9.14. The maximum atomic E-state index is 12.4. The number of amides is 1. The molecule has 0 bridgehead atoms. The van der Waals surface area contributed by atoms with Crippen molar-refractivity contribution in [2.75, 3.05) is 31.1 Å². The Kier molecular flexibility index (Phi) is 4.75. The Balaban J connectivity index is 1.41. The van der Waals surface area contributed by atoms with Crippen LogP contribution in [0.1, 0.15) is 32.1 Å². The van der Waals surface area contributed by atoms with Gasteiger partial charge < -0.3 is 9.80 Å². The number of hydrogen-bond donors (Lipinski definition) is 0. The van der Waals surface area contributed by atoms with Crippen molar-refractivity contribution in [3.63, 3.8) is 0 Å². The third-order valence-electron chi connectivity index (χ3n) is 5.41. The molecule has 4 rings (SSSR count). The van der Waals surface area contributed by atoms with E-state index >= 15 is 0 Å². The van der Waals surface area contributed by atoms with Gasteiger partial charge in [-0.15, -0.1) is 0 Å². The Labute approximate surface area is 153 Å². The number of piperidine rings is 1. The van der Waals surface area contributed by atoms with Crippen LogP contribution in [-0.2, 0) is 4.79 Å². The van der Waals surface area contributed by atoms with E-state index in [-0.39, 0.29) is 0 Å². The first-order valence-corrected chi connectivity index (χ1v) is 9.51. The summed E-state index contributed by atoms with van der Waals surface area (Å²) in [6, 6.07) is 5.76. The highest BCUT2D eigenvalue weighted by Crippen LogP contribution is 2.30. The minimum atomic E-state index is 0.345. The molecule has 1 amide bonds. The van der Waals surface area contributed by atoms with E-state index in [0.717, 1.165) is 68.6 Å². The molecular weight excluding hydrogens is 336 g/mol. The van der Waals surface area contributed by atoms with Gasteiger partial charge in [-0.1, -0.05) is 11.6 Å². The average molecular weight is 359 g/mol. The molecule has 1 aromatic carbocycles. The molecule has 0 N–H and O–H groups in total. The molecule has 6 heteroatoms.